The van der Waals surface area contributed by atoms with Gasteiger partial charge in [-0.15, -0.1) is 0 Å². The molecule has 204 valence electrons. The predicted molar refractivity (Wildman–Crippen MR) is 158 cm³/mol. The molecular formula is C32H34N6O2. The van der Waals surface area contributed by atoms with E-state index in [9.17, 15) is 4.79 Å². The van der Waals surface area contributed by atoms with Crippen LogP contribution >= 0.6 is 0 Å². The van der Waals surface area contributed by atoms with E-state index in [4.69, 9.17) is 9.72 Å². The number of carbonyl (C=O) groups excluding carboxylic acids is 1. The van der Waals surface area contributed by atoms with Crippen molar-refractivity contribution in [2.24, 2.45) is 0 Å². The molecule has 1 aliphatic carbocycles. The third kappa shape index (κ3) is 5.54. The smallest absolute Gasteiger partial charge is 0.256 e. The summed E-state index contributed by atoms with van der Waals surface area (Å²) < 4.78 is 6.36. The van der Waals surface area contributed by atoms with Crippen molar-refractivity contribution >= 4 is 17.7 Å². The quantitative estimate of drug-likeness (QED) is 0.328. The molecule has 2 aromatic carbocycles. The Morgan fingerprint density at radius 3 is 2.67 bits per heavy atom. The lowest BCUT2D eigenvalue weighted by Gasteiger charge is -2.32. The van der Waals surface area contributed by atoms with Crippen LogP contribution in [0.25, 0.3) is 17.3 Å². The average molecular weight is 535 g/mol. The molecule has 0 unspecified atom stereocenters. The molecule has 4 aromatic rings. The monoisotopic (exact) mass is 534 g/mol. The molecule has 0 spiro atoms. The summed E-state index contributed by atoms with van der Waals surface area (Å²) in [5, 5.41) is 9.98. The minimum absolute atomic E-state index is 0.159. The Balaban J connectivity index is 1.18. The largest absolute Gasteiger partial charge is 0.457 e. The van der Waals surface area contributed by atoms with Crippen molar-refractivity contribution in [1.82, 2.24) is 25.0 Å². The molecule has 2 aromatic heterocycles. The number of anilines is 1. The lowest BCUT2D eigenvalue weighted by molar-refractivity contribution is 0.102. The zero-order valence-corrected chi connectivity index (χ0v) is 23.2. The third-order valence-electron chi connectivity index (χ3n) is 7.76. The number of allylic oxidation sites excluding steroid dienone is 1. The Labute approximate surface area is 234 Å². The molecule has 0 radical (unpaired) electrons. The summed E-state index contributed by atoms with van der Waals surface area (Å²) in [6.45, 7) is 9.34. The van der Waals surface area contributed by atoms with Crippen molar-refractivity contribution in [3.63, 3.8) is 0 Å². The summed E-state index contributed by atoms with van der Waals surface area (Å²) in [6, 6.07) is 13.7. The van der Waals surface area contributed by atoms with Gasteiger partial charge in [0.15, 0.2) is 0 Å². The number of pyridine rings is 1. The number of likely N-dealkylation sites (N-methyl/N-ethyl adjacent to an activating group) is 1. The minimum Gasteiger partial charge on any atom is -0.457 e. The number of aromatic nitrogens is 3. The number of piperazine rings is 1. The fraction of sp³-hybridized carbons (Fsp3) is 0.281. The maximum absolute atomic E-state index is 13.4. The van der Waals surface area contributed by atoms with Crippen LogP contribution in [0.15, 0.2) is 60.9 Å². The van der Waals surface area contributed by atoms with Gasteiger partial charge >= 0.3 is 0 Å². The first kappa shape index (κ1) is 26.0. The molecule has 0 saturated carbocycles. The second-order valence-electron chi connectivity index (χ2n) is 10.7. The van der Waals surface area contributed by atoms with Crippen molar-refractivity contribution in [3.8, 4) is 22.8 Å². The van der Waals surface area contributed by atoms with Crippen molar-refractivity contribution < 1.29 is 9.53 Å². The Bertz CT molecular complexity index is 1570. The minimum atomic E-state index is -0.159. The van der Waals surface area contributed by atoms with Crippen LogP contribution in [0.5, 0.6) is 11.5 Å². The molecule has 1 fully saturated rings. The molecule has 6 rings (SSSR count). The lowest BCUT2D eigenvalue weighted by Crippen LogP contribution is -2.43. The van der Waals surface area contributed by atoms with Crippen molar-refractivity contribution in [2.75, 3.05) is 38.5 Å². The molecule has 1 aliphatic heterocycles. The van der Waals surface area contributed by atoms with E-state index >= 15 is 0 Å². The summed E-state index contributed by atoms with van der Waals surface area (Å²) in [4.78, 5) is 23.0. The maximum atomic E-state index is 13.4. The van der Waals surface area contributed by atoms with Crippen LogP contribution in [0, 0.1) is 13.8 Å². The Morgan fingerprint density at radius 2 is 1.90 bits per heavy atom. The highest BCUT2D eigenvalue weighted by Gasteiger charge is 2.19. The van der Waals surface area contributed by atoms with E-state index in [0.717, 1.165) is 72.9 Å². The average Bonchev–Trinajstić information content (AvgIpc) is 3.65. The van der Waals surface area contributed by atoms with Gasteiger partial charge in [-0.3, -0.25) is 19.8 Å². The number of amides is 1. The van der Waals surface area contributed by atoms with Crippen LogP contribution in [0.1, 0.15) is 38.3 Å². The van der Waals surface area contributed by atoms with Crippen LogP contribution in [0.4, 0.5) is 5.69 Å². The topological polar surface area (TPSA) is 86.4 Å². The first-order chi connectivity index (χ1) is 19.4. The second kappa shape index (κ2) is 11.1. The molecular weight excluding hydrogens is 500 g/mol. The first-order valence-corrected chi connectivity index (χ1v) is 13.7. The normalized spacial score (nSPS) is 15.3. The SMILES string of the molecule is Cc1cc(NC(=O)c2cc(Oc3cc(-c4cn[nH]c4)nc4c3C=CC4)ccc2C)ccc1CN1CCN(C)CC1. The van der Waals surface area contributed by atoms with Gasteiger partial charge in [0.25, 0.3) is 5.91 Å². The number of rotatable bonds is 7. The molecule has 8 nitrogen and oxygen atoms in total. The summed E-state index contributed by atoms with van der Waals surface area (Å²) >= 11 is 0. The molecule has 1 saturated heterocycles. The van der Waals surface area contributed by atoms with Crippen LogP contribution in [-0.2, 0) is 13.0 Å². The number of H-pyrrole nitrogens is 1. The highest BCUT2D eigenvalue weighted by molar-refractivity contribution is 6.05. The molecule has 2 aliphatic rings. The number of ether oxygens (including phenoxy) is 1. The zero-order chi connectivity index (χ0) is 27.6. The second-order valence-corrected chi connectivity index (χ2v) is 10.7. The number of nitrogens with one attached hydrogen (secondary N) is 2. The number of benzene rings is 2. The van der Waals surface area contributed by atoms with Gasteiger partial charge in [0.05, 0.1) is 17.6 Å². The fourth-order valence-electron chi connectivity index (χ4n) is 5.26. The number of nitrogens with zero attached hydrogens (tertiary/aromatic N) is 4. The highest BCUT2D eigenvalue weighted by Crippen LogP contribution is 2.35. The number of hydrogen-bond donors (Lipinski definition) is 2. The molecule has 2 N–H and O–H groups in total. The molecule has 3 heterocycles. The molecule has 0 bridgehead atoms. The van der Waals surface area contributed by atoms with Gasteiger partial charge in [-0.25, -0.2) is 0 Å². The Hall–Kier alpha value is -4.27. The van der Waals surface area contributed by atoms with E-state index in [0.29, 0.717) is 17.1 Å². The number of hydrogen-bond acceptors (Lipinski definition) is 6. The van der Waals surface area contributed by atoms with E-state index in [1.165, 1.54) is 11.1 Å². The van der Waals surface area contributed by atoms with Crippen molar-refractivity contribution in [1.29, 1.82) is 0 Å². The Morgan fingerprint density at radius 1 is 1.05 bits per heavy atom. The summed E-state index contributed by atoms with van der Waals surface area (Å²) in [7, 11) is 2.17. The molecule has 0 atom stereocenters. The van der Waals surface area contributed by atoms with Crippen LogP contribution < -0.4 is 10.1 Å². The Kier molecular flexibility index (Phi) is 7.19. The van der Waals surface area contributed by atoms with Crippen LogP contribution in [0.2, 0.25) is 0 Å². The zero-order valence-electron chi connectivity index (χ0n) is 23.2. The molecule has 8 heteroatoms. The van der Waals surface area contributed by atoms with E-state index in [1.807, 2.05) is 49.5 Å². The number of aromatic amines is 1. The van der Waals surface area contributed by atoms with Gasteiger partial charge in [0.1, 0.15) is 11.5 Å². The van der Waals surface area contributed by atoms with Crippen LogP contribution in [-0.4, -0.2) is 64.1 Å². The van der Waals surface area contributed by atoms with Crippen molar-refractivity contribution in [2.45, 2.75) is 26.8 Å². The first-order valence-electron chi connectivity index (χ1n) is 13.7. The van der Waals surface area contributed by atoms with Crippen LogP contribution in [0.3, 0.4) is 0 Å². The van der Waals surface area contributed by atoms with Gasteiger partial charge < -0.3 is 15.0 Å². The van der Waals surface area contributed by atoms with E-state index < -0.39 is 0 Å². The molecule has 1 amide bonds. The number of aryl methyl sites for hydroxylation is 2. The van der Waals surface area contributed by atoms with Gasteiger partial charge in [0.2, 0.25) is 0 Å². The predicted octanol–water partition coefficient (Wildman–Crippen LogP) is 5.45. The van der Waals surface area contributed by atoms with E-state index in [-0.39, 0.29) is 5.91 Å². The number of fused-ring (bicyclic) bond motifs is 1. The van der Waals surface area contributed by atoms with Crippen molar-refractivity contribution in [3.05, 3.63) is 94.4 Å². The van der Waals surface area contributed by atoms with Gasteiger partial charge in [0, 0.05) is 73.8 Å². The third-order valence-corrected chi connectivity index (χ3v) is 7.76. The fourth-order valence-corrected chi connectivity index (χ4v) is 5.26. The maximum Gasteiger partial charge on any atom is 0.256 e. The summed E-state index contributed by atoms with van der Waals surface area (Å²) in [5.74, 6) is 1.14. The van der Waals surface area contributed by atoms with E-state index in [2.05, 4.69) is 57.5 Å². The number of carbonyl (C=O) groups is 1. The molecule has 40 heavy (non-hydrogen) atoms. The lowest BCUT2D eigenvalue weighted by atomic mass is 10.1. The highest BCUT2D eigenvalue weighted by atomic mass is 16.5. The standard InChI is InChI=1S/C32H34N6O2/c1-21-7-10-26(40-31-17-30(24-18-33-34-19-24)36-29-6-4-5-27(29)31)16-28(21)32(39)35-25-9-8-23(22(2)15-25)20-38-13-11-37(3)12-14-38/h4-5,7-10,15-19H,6,11-14,20H2,1-3H3,(H,33,34)(H,35,39). The summed E-state index contributed by atoms with van der Waals surface area (Å²) in [5.41, 5.74) is 8.34. The summed E-state index contributed by atoms with van der Waals surface area (Å²) in [6.07, 6.45) is 8.43. The van der Waals surface area contributed by atoms with Gasteiger partial charge in [-0.05, 0) is 61.9 Å². The van der Waals surface area contributed by atoms with Gasteiger partial charge in [-0.1, -0.05) is 24.3 Å². The van der Waals surface area contributed by atoms with E-state index in [1.54, 1.807) is 6.20 Å². The van der Waals surface area contributed by atoms with Gasteiger partial charge in [-0.2, -0.15) is 5.10 Å².